The molecule has 0 radical (unpaired) electrons. The number of carbonyl (C=O) groups excluding carboxylic acids is 1. The highest BCUT2D eigenvalue weighted by molar-refractivity contribution is 5.77. The van der Waals surface area contributed by atoms with Gasteiger partial charge in [0.05, 0.1) is 17.6 Å². The molecule has 0 heterocycles. The molecule has 2 aliphatic rings. The molecule has 0 aromatic carbocycles. The summed E-state index contributed by atoms with van der Waals surface area (Å²) in [6.07, 6.45) is 6.37. The minimum atomic E-state index is -0.813. The predicted molar refractivity (Wildman–Crippen MR) is 89.9 cm³/mol. The molecule has 0 amide bonds. The van der Waals surface area contributed by atoms with E-state index in [1.54, 1.807) is 0 Å². The summed E-state index contributed by atoms with van der Waals surface area (Å²) in [6, 6.07) is 0. The molecule has 4 unspecified atom stereocenters. The van der Waals surface area contributed by atoms with Gasteiger partial charge >= 0.3 is 5.97 Å². The van der Waals surface area contributed by atoms with E-state index in [0.717, 1.165) is 32.1 Å². The molecule has 2 rings (SSSR count). The first-order valence-corrected chi connectivity index (χ1v) is 9.23. The average molecular weight is 326 g/mol. The van der Waals surface area contributed by atoms with Crippen LogP contribution in [0.25, 0.3) is 0 Å². The first-order valence-electron chi connectivity index (χ1n) is 9.23. The van der Waals surface area contributed by atoms with E-state index in [-0.39, 0.29) is 12.6 Å². The normalized spacial score (nSPS) is 36.6. The van der Waals surface area contributed by atoms with Gasteiger partial charge in [0.25, 0.3) is 0 Å². The van der Waals surface area contributed by atoms with Crippen molar-refractivity contribution >= 4 is 5.97 Å². The van der Waals surface area contributed by atoms with E-state index < -0.39 is 16.6 Å². The lowest BCUT2D eigenvalue weighted by Gasteiger charge is -2.50. The number of ether oxygens (including phenoxy) is 1. The van der Waals surface area contributed by atoms with Crippen molar-refractivity contribution in [3.63, 3.8) is 0 Å². The molecule has 0 saturated heterocycles. The summed E-state index contributed by atoms with van der Waals surface area (Å²) < 4.78 is 5.97. The smallest absolute Gasteiger partial charge is 0.314 e. The molecule has 4 atom stereocenters. The number of aliphatic hydroxyl groups is 2. The number of fused-ring (bicyclic) bond motifs is 2. The topological polar surface area (TPSA) is 66.8 Å². The zero-order chi connectivity index (χ0) is 17.3. The maximum absolute atomic E-state index is 12.9. The summed E-state index contributed by atoms with van der Waals surface area (Å²) in [5, 5.41) is 20.6. The molecule has 0 spiro atoms. The Morgan fingerprint density at radius 3 is 2.61 bits per heavy atom. The van der Waals surface area contributed by atoms with Gasteiger partial charge in [-0.3, -0.25) is 4.79 Å². The van der Waals surface area contributed by atoms with Gasteiger partial charge in [-0.25, -0.2) is 0 Å². The van der Waals surface area contributed by atoms with E-state index in [1.165, 1.54) is 0 Å². The van der Waals surface area contributed by atoms with Crippen molar-refractivity contribution in [3.05, 3.63) is 0 Å². The van der Waals surface area contributed by atoms with Crippen molar-refractivity contribution in [2.24, 2.45) is 17.3 Å². The van der Waals surface area contributed by atoms with Crippen LogP contribution in [0.5, 0.6) is 0 Å². The first kappa shape index (κ1) is 18.7. The van der Waals surface area contributed by atoms with Crippen LogP contribution in [0.3, 0.4) is 0 Å². The summed E-state index contributed by atoms with van der Waals surface area (Å²) in [4.78, 5) is 12.9. The Kier molecular flexibility index (Phi) is 5.47. The van der Waals surface area contributed by atoms with E-state index in [4.69, 9.17) is 4.74 Å². The molecule has 4 heteroatoms. The molecule has 0 aromatic heterocycles. The Hall–Kier alpha value is -0.610. The zero-order valence-corrected chi connectivity index (χ0v) is 15.2. The van der Waals surface area contributed by atoms with Gasteiger partial charge in [-0.1, -0.05) is 33.6 Å². The quantitative estimate of drug-likeness (QED) is 0.734. The molecule has 2 bridgehead atoms. The van der Waals surface area contributed by atoms with Gasteiger partial charge in [0.2, 0.25) is 0 Å². The van der Waals surface area contributed by atoms with Crippen molar-refractivity contribution in [3.8, 4) is 0 Å². The number of carbonyl (C=O) groups is 1. The average Bonchev–Trinajstić information content (AvgIpc) is 2.42. The van der Waals surface area contributed by atoms with E-state index in [1.807, 2.05) is 13.8 Å². The molecule has 2 saturated carbocycles. The Bertz CT molecular complexity index is 429. The molecule has 0 aromatic rings. The lowest BCUT2D eigenvalue weighted by Crippen LogP contribution is -2.53. The summed E-state index contributed by atoms with van der Waals surface area (Å²) >= 11 is 0. The van der Waals surface area contributed by atoms with Crippen LogP contribution >= 0.6 is 0 Å². The van der Waals surface area contributed by atoms with Gasteiger partial charge in [0.15, 0.2) is 0 Å². The molecule has 0 aliphatic heterocycles. The number of esters is 1. The summed E-state index contributed by atoms with van der Waals surface area (Å²) in [6.45, 7) is 7.84. The number of aliphatic hydroxyl groups excluding tert-OH is 1. The third-order valence-corrected chi connectivity index (χ3v) is 5.90. The van der Waals surface area contributed by atoms with Gasteiger partial charge in [0.1, 0.15) is 5.60 Å². The third-order valence-electron chi connectivity index (χ3n) is 5.90. The number of hydrogen-bond donors (Lipinski definition) is 2. The molecule has 2 N–H and O–H groups in total. The molecule has 134 valence electrons. The van der Waals surface area contributed by atoms with Crippen LogP contribution in [0.15, 0.2) is 0 Å². The van der Waals surface area contributed by atoms with Crippen LogP contribution in [0, 0.1) is 17.3 Å². The van der Waals surface area contributed by atoms with E-state index in [2.05, 4.69) is 13.8 Å². The molecule has 23 heavy (non-hydrogen) atoms. The van der Waals surface area contributed by atoms with Crippen LogP contribution in [0.4, 0.5) is 0 Å². The molecule has 4 nitrogen and oxygen atoms in total. The second-order valence-electron chi connectivity index (χ2n) is 8.80. The lowest BCUT2D eigenvalue weighted by molar-refractivity contribution is -0.195. The van der Waals surface area contributed by atoms with E-state index >= 15 is 0 Å². The van der Waals surface area contributed by atoms with Gasteiger partial charge in [0, 0.05) is 6.42 Å². The largest absolute Gasteiger partial charge is 0.459 e. The van der Waals surface area contributed by atoms with E-state index in [0.29, 0.717) is 31.1 Å². The van der Waals surface area contributed by atoms with Crippen LogP contribution in [-0.2, 0) is 9.53 Å². The molecule has 2 aliphatic carbocycles. The highest BCUT2D eigenvalue weighted by atomic mass is 16.6. The molecule has 2 fully saturated rings. The van der Waals surface area contributed by atoms with Crippen molar-refractivity contribution in [1.29, 1.82) is 0 Å². The Morgan fingerprint density at radius 2 is 2.09 bits per heavy atom. The van der Waals surface area contributed by atoms with Gasteiger partial charge in [-0.05, 0) is 50.9 Å². The standard InChI is InChI=1S/C19H34O4/c1-5-18(13-20,9-14(2)3)16(21)23-17(4)10-15-7-6-8-19(22,11-15)12-17/h14-15,20,22H,5-13H2,1-4H3. The van der Waals surface area contributed by atoms with Crippen LogP contribution in [-0.4, -0.2) is 34.0 Å². The van der Waals surface area contributed by atoms with Crippen molar-refractivity contribution in [2.75, 3.05) is 6.61 Å². The van der Waals surface area contributed by atoms with Crippen LogP contribution in [0.2, 0.25) is 0 Å². The van der Waals surface area contributed by atoms with Gasteiger partial charge < -0.3 is 14.9 Å². The predicted octanol–water partition coefficient (Wildman–Crippen LogP) is 3.44. The Labute approximate surface area is 140 Å². The third kappa shape index (κ3) is 4.08. The fourth-order valence-electron chi connectivity index (χ4n) is 4.98. The van der Waals surface area contributed by atoms with Gasteiger partial charge in [-0.15, -0.1) is 0 Å². The molecular weight excluding hydrogens is 292 g/mol. The highest BCUT2D eigenvalue weighted by Gasteiger charge is 2.51. The zero-order valence-electron chi connectivity index (χ0n) is 15.2. The number of rotatable bonds is 6. The fourth-order valence-corrected chi connectivity index (χ4v) is 4.98. The minimum absolute atomic E-state index is 0.176. The highest BCUT2D eigenvalue weighted by Crippen LogP contribution is 2.49. The summed E-state index contributed by atoms with van der Waals surface area (Å²) in [5.41, 5.74) is -2.10. The lowest BCUT2D eigenvalue weighted by atomic mass is 9.64. The Morgan fingerprint density at radius 1 is 1.39 bits per heavy atom. The monoisotopic (exact) mass is 326 g/mol. The Balaban J connectivity index is 2.14. The maximum atomic E-state index is 12.9. The second-order valence-corrected chi connectivity index (χ2v) is 8.80. The fraction of sp³-hybridized carbons (Fsp3) is 0.947. The maximum Gasteiger partial charge on any atom is 0.314 e. The van der Waals surface area contributed by atoms with E-state index in [9.17, 15) is 15.0 Å². The van der Waals surface area contributed by atoms with Crippen LogP contribution in [0.1, 0.15) is 79.1 Å². The number of hydrogen-bond acceptors (Lipinski definition) is 4. The second kappa shape index (κ2) is 6.72. The first-order chi connectivity index (χ1) is 10.7. The van der Waals surface area contributed by atoms with Crippen LogP contribution < -0.4 is 0 Å². The summed E-state index contributed by atoms with van der Waals surface area (Å²) in [7, 11) is 0. The SMILES string of the molecule is CCC(CO)(CC(C)C)C(=O)OC1(C)CC2CCCC(O)(C2)C1. The van der Waals surface area contributed by atoms with Crippen molar-refractivity contribution in [2.45, 2.75) is 90.3 Å². The summed E-state index contributed by atoms with van der Waals surface area (Å²) in [5.74, 6) is 0.468. The van der Waals surface area contributed by atoms with Crippen molar-refractivity contribution in [1.82, 2.24) is 0 Å². The molecular formula is C19H34O4. The minimum Gasteiger partial charge on any atom is -0.459 e. The van der Waals surface area contributed by atoms with Crippen molar-refractivity contribution < 1.29 is 19.7 Å². The van der Waals surface area contributed by atoms with Gasteiger partial charge in [-0.2, -0.15) is 0 Å².